The lowest BCUT2D eigenvalue weighted by Gasteiger charge is -2.10. The van der Waals surface area contributed by atoms with Gasteiger partial charge in [-0.1, -0.05) is 0 Å². The van der Waals surface area contributed by atoms with Gasteiger partial charge in [-0.3, -0.25) is 20.2 Å². The molecular formula is C15H18N4O5S. The molecule has 0 saturated carbocycles. The van der Waals surface area contributed by atoms with Gasteiger partial charge in [0, 0.05) is 18.0 Å². The standard InChI is InChI=1S/C15H18N4O5S/c1-18(2)7-9-8-25-15(16-9)17-14(20)10-5-12(23-3)13(24-4)6-11(10)19(21)22/h5-6,8H,7H2,1-4H3,(H,16,17,20). The Labute approximate surface area is 148 Å². The van der Waals surface area contributed by atoms with Crippen LogP contribution >= 0.6 is 11.3 Å². The summed E-state index contributed by atoms with van der Waals surface area (Å²) in [6.07, 6.45) is 0. The number of anilines is 1. The molecule has 1 heterocycles. The number of carbonyl (C=O) groups excluding carboxylic acids is 1. The molecular weight excluding hydrogens is 348 g/mol. The predicted molar refractivity (Wildman–Crippen MR) is 93.7 cm³/mol. The Morgan fingerprint density at radius 2 is 1.96 bits per heavy atom. The SMILES string of the molecule is COc1cc(C(=O)Nc2nc(CN(C)C)cs2)c([N+](=O)[O-])cc1OC. The fraction of sp³-hybridized carbons (Fsp3) is 0.333. The molecule has 0 aliphatic carbocycles. The molecule has 0 fully saturated rings. The molecule has 1 amide bonds. The molecule has 2 rings (SSSR count). The topological polar surface area (TPSA) is 107 Å². The first-order chi connectivity index (χ1) is 11.8. The Morgan fingerprint density at radius 1 is 1.32 bits per heavy atom. The molecule has 2 aromatic rings. The Balaban J connectivity index is 2.31. The number of nitro benzene ring substituents is 1. The lowest BCUT2D eigenvalue weighted by molar-refractivity contribution is -0.385. The molecule has 0 saturated heterocycles. The predicted octanol–water partition coefficient (Wildman–Crippen LogP) is 2.38. The van der Waals surface area contributed by atoms with Crippen LogP contribution in [-0.2, 0) is 6.54 Å². The van der Waals surface area contributed by atoms with E-state index in [4.69, 9.17) is 9.47 Å². The highest BCUT2D eigenvalue weighted by molar-refractivity contribution is 7.14. The van der Waals surface area contributed by atoms with Gasteiger partial charge in [-0.25, -0.2) is 4.98 Å². The second kappa shape index (κ2) is 7.90. The van der Waals surface area contributed by atoms with Gasteiger partial charge in [-0.2, -0.15) is 0 Å². The van der Waals surface area contributed by atoms with Crippen LogP contribution in [0.1, 0.15) is 16.1 Å². The van der Waals surface area contributed by atoms with E-state index in [9.17, 15) is 14.9 Å². The first-order valence-corrected chi connectivity index (χ1v) is 8.04. The second-order valence-corrected chi connectivity index (χ2v) is 6.18. The van der Waals surface area contributed by atoms with Gasteiger partial charge in [0.1, 0.15) is 5.56 Å². The van der Waals surface area contributed by atoms with Gasteiger partial charge in [-0.15, -0.1) is 11.3 Å². The molecule has 9 nitrogen and oxygen atoms in total. The summed E-state index contributed by atoms with van der Waals surface area (Å²) in [5, 5.41) is 16.1. The number of methoxy groups -OCH3 is 2. The van der Waals surface area contributed by atoms with Crippen LogP contribution in [0.4, 0.5) is 10.8 Å². The number of nitrogens with one attached hydrogen (secondary N) is 1. The molecule has 10 heteroatoms. The van der Waals surface area contributed by atoms with E-state index in [-0.39, 0.29) is 22.7 Å². The lowest BCUT2D eigenvalue weighted by Crippen LogP contribution is -2.15. The van der Waals surface area contributed by atoms with E-state index in [0.717, 1.165) is 11.8 Å². The van der Waals surface area contributed by atoms with Crippen LogP contribution in [0, 0.1) is 10.1 Å². The normalized spacial score (nSPS) is 10.6. The van der Waals surface area contributed by atoms with Crippen LogP contribution in [0.2, 0.25) is 0 Å². The number of aromatic nitrogens is 1. The van der Waals surface area contributed by atoms with Gasteiger partial charge in [0.15, 0.2) is 16.6 Å². The average molecular weight is 366 g/mol. The van der Waals surface area contributed by atoms with Gasteiger partial charge in [-0.05, 0) is 14.1 Å². The largest absolute Gasteiger partial charge is 0.493 e. The molecule has 0 atom stereocenters. The minimum atomic E-state index is -0.643. The molecule has 1 aromatic carbocycles. The van der Waals surface area contributed by atoms with Crippen molar-refractivity contribution in [2.45, 2.75) is 6.54 Å². The number of nitro groups is 1. The smallest absolute Gasteiger partial charge is 0.286 e. The second-order valence-electron chi connectivity index (χ2n) is 5.32. The summed E-state index contributed by atoms with van der Waals surface area (Å²) >= 11 is 1.25. The molecule has 0 aliphatic rings. The maximum absolute atomic E-state index is 12.5. The minimum Gasteiger partial charge on any atom is -0.493 e. The van der Waals surface area contributed by atoms with E-state index in [2.05, 4.69) is 10.3 Å². The Bertz CT molecular complexity index is 790. The number of thiazole rings is 1. The summed E-state index contributed by atoms with van der Waals surface area (Å²) in [7, 11) is 6.57. The van der Waals surface area contributed by atoms with Gasteiger partial charge in [0.2, 0.25) is 0 Å². The number of benzene rings is 1. The van der Waals surface area contributed by atoms with Gasteiger partial charge < -0.3 is 14.4 Å². The molecule has 134 valence electrons. The van der Waals surface area contributed by atoms with E-state index in [1.54, 1.807) is 0 Å². The monoisotopic (exact) mass is 366 g/mol. The number of nitrogens with zero attached hydrogens (tertiary/aromatic N) is 3. The molecule has 0 radical (unpaired) electrons. The van der Waals surface area contributed by atoms with E-state index in [1.165, 1.54) is 31.6 Å². The minimum absolute atomic E-state index is 0.132. The van der Waals surface area contributed by atoms with Crippen molar-refractivity contribution in [3.63, 3.8) is 0 Å². The van der Waals surface area contributed by atoms with Crippen molar-refractivity contribution in [2.75, 3.05) is 33.6 Å². The van der Waals surface area contributed by atoms with Crippen molar-refractivity contribution in [1.82, 2.24) is 9.88 Å². The molecule has 0 aliphatic heterocycles. The Morgan fingerprint density at radius 3 is 2.52 bits per heavy atom. The first kappa shape index (κ1) is 18.6. The van der Waals surface area contributed by atoms with Crippen molar-refractivity contribution in [3.05, 3.63) is 38.9 Å². The van der Waals surface area contributed by atoms with Crippen LogP contribution in [0.3, 0.4) is 0 Å². The fourth-order valence-electron chi connectivity index (χ4n) is 2.13. The first-order valence-electron chi connectivity index (χ1n) is 7.16. The third-order valence-corrected chi connectivity index (χ3v) is 4.00. The molecule has 1 N–H and O–H groups in total. The Hall–Kier alpha value is -2.72. The maximum atomic E-state index is 12.5. The number of ether oxygens (including phenoxy) is 2. The van der Waals surface area contributed by atoms with Crippen LogP contribution in [0.5, 0.6) is 11.5 Å². The molecule has 1 aromatic heterocycles. The van der Waals surface area contributed by atoms with E-state index < -0.39 is 10.8 Å². The van der Waals surface area contributed by atoms with Crippen molar-refractivity contribution in [2.24, 2.45) is 0 Å². The fourth-order valence-corrected chi connectivity index (χ4v) is 2.82. The highest BCUT2D eigenvalue weighted by atomic mass is 32.1. The van der Waals surface area contributed by atoms with Crippen LogP contribution in [0.15, 0.2) is 17.5 Å². The van der Waals surface area contributed by atoms with Crippen LogP contribution < -0.4 is 14.8 Å². The summed E-state index contributed by atoms with van der Waals surface area (Å²) in [6, 6.07) is 2.44. The average Bonchev–Trinajstić information content (AvgIpc) is 2.99. The third-order valence-electron chi connectivity index (χ3n) is 3.19. The molecule has 25 heavy (non-hydrogen) atoms. The Kier molecular flexibility index (Phi) is 5.88. The van der Waals surface area contributed by atoms with Gasteiger partial charge >= 0.3 is 0 Å². The van der Waals surface area contributed by atoms with E-state index >= 15 is 0 Å². The van der Waals surface area contributed by atoms with Crippen LogP contribution in [-0.4, -0.2) is 49.0 Å². The zero-order valence-corrected chi connectivity index (χ0v) is 15.0. The number of hydrogen-bond donors (Lipinski definition) is 1. The van der Waals surface area contributed by atoms with Crippen molar-refractivity contribution in [1.29, 1.82) is 0 Å². The summed E-state index contributed by atoms with van der Waals surface area (Å²) < 4.78 is 10.2. The number of amides is 1. The third kappa shape index (κ3) is 4.43. The highest BCUT2D eigenvalue weighted by Crippen LogP contribution is 2.35. The van der Waals surface area contributed by atoms with Crippen molar-refractivity contribution in [3.8, 4) is 11.5 Å². The zero-order chi connectivity index (χ0) is 18.6. The molecule has 0 unspecified atom stereocenters. The number of rotatable bonds is 7. The zero-order valence-electron chi connectivity index (χ0n) is 14.2. The summed E-state index contributed by atoms with van der Waals surface area (Å²) in [5.74, 6) is -0.239. The maximum Gasteiger partial charge on any atom is 0.286 e. The van der Waals surface area contributed by atoms with E-state index in [1.807, 2.05) is 24.4 Å². The van der Waals surface area contributed by atoms with Crippen molar-refractivity contribution >= 4 is 28.1 Å². The highest BCUT2D eigenvalue weighted by Gasteiger charge is 2.25. The van der Waals surface area contributed by atoms with Gasteiger partial charge in [0.25, 0.3) is 11.6 Å². The lowest BCUT2D eigenvalue weighted by atomic mass is 10.1. The van der Waals surface area contributed by atoms with Crippen molar-refractivity contribution < 1.29 is 19.2 Å². The molecule has 0 spiro atoms. The van der Waals surface area contributed by atoms with E-state index in [0.29, 0.717) is 11.7 Å². The number of carbonyl (C=O) groups is 1. The van der Waals surface area contributed by atoms with Crippen LogP contribution in [0.25, 0.3) is 0 Å². The molecule has 0 bridgehead atoms. The van der Waals surface area contributed by atoms with Gasteiger partial charge in [0.05, 0.1) is 30.9 Å². The summed E-state index contributed by atoms with van der Waals surface area (Å²) in [6.45, 7) is 0.628. The number of hydrogen-bond acceptors (Lipinski definition) is 8. The quantitative estimate of drug-likeness (QED) is 0.592. The summed E-state index contributed by atoms with van der Waals surface area (Å²) in [4.78, 5) is 29.4. The summed E-state index contributed by atoms with van der Waals surface area (Å²) in [5.41, 5.74) is 0.291.